The molecule has 0 unspecified atom stereocenters. The molecule has 2 N–H and O–H groups in total. The summed E-state index contributed by atoms with van der Waals surface area (Å²) in [5, 5.41) is 8.85. The van der Waals surface area contributed by atoms with Crippen LogP contribution in [0.1, 0.15) is 28.8 Å². The molecule has 7 nitrogen and oxygen atoms in total. The molecular weight excluding hydrogens is 363 g/mol. The zero-order chi connectivity index (χ0) is 19.8. The number of nitrogens with one attached hydrogen (secondary N) is 2. The van der Waals surface area contributed by atoms with E-state index in [0.29, 0.717) is 15.9 Å². The summed E-state index contributed by atoms with van der Waals surface area (Å²) < 4.78 is 40.1. The topological polar surface area (TPSA) is 88.4 Å². The number of aryl methyl sites for hydroxylation is 1. The van der Waals surface area contributed by atoms with Crippen LogP contribution < -0.4 is 10.6 Å². The highest BCUT2D eigenvalue weighted by Crippen LogP contribution is 2.30. The van der Waals surface area contributed by atoms with Crippen molar-refractivity contribution in [3.8, 4) is 0 Å². The first-order valence-corrected chi connectivity index (χ1v) is 7.77. The van der Waals surface area contributed by atoms with E-state index in [1.54, 1.807) is 24.3 Å². The van der Waals surface area contributed by atoms with Crippen molar-refractivity contribution < 1.29 is 22.8 Å². The summed E-state index contributed by atoms with van der Waals surface area (Å²) in [5.74, 6) is -0.918. The van der Waals surface area contributed by atoms with E-state index in [9.17, 15) is 22.8 Å². The van der Waals surface area contributed by atoms with Gasteiger partial charge in [-0.15, -0.1) is 0 Å². The van der Waals surface area contributed by atoms with Gasteiger partial charge in [0.15, 0.2) is 11.3 Å². The number of carbonyl (C=O) groups excluding carboxylic acids is 2. The van der Waals surface area contributed by atoms with Crippen LogP contribution in [-0.4, -0.2) is 26.4 Å². The van der Waals surface area contributed by atoms with Crippen molar-refractivity contribution in [2.75, 3.05) is 10.6 Å². The molecule has 2 heterocycles. The monoisotopic (exact) mass is 377 g/mol. The number of hydrogen-bond acceptors (Lipinski definition) is 4. The summed E-state index contributed by atoms with van der Waals surface area (Å²) in [6, 6.07) is 8.29. The van der Waals surface area contributed by atoms with Gasteiger partial charge in [0.1, 0.15) is 5.69 Å². The zero-order valence-electron chi connectivity index (χ0n) is 14.3. The Hall–Kier alpha value is -3.43. The molecule has 2 aromatic heterocycles. The van der Waals surface area contributed by atoms with Gasteiger partial charge < -0.3 is 10.6 Å². The Morgan fingerprint density at radius 2 is 1.63 bits per heavy atom. The van der Waals surface area contributed by atoms with Gasteiger partial charge in [-0.3, -0.25) is 9.59 Å². The molecule has 0 atom stereocenters. The van der Waals surface area contributed by atoms with Crippen molar-refractivity contribution in [3.05, 3.63) is 53.5 Å². The Bertz CT molecular complexity index is 1030. The number of aromatic nitrogens is 3. The fraction of sp³-hybridized carbons (Fsp3) is 0.176. The molecule has 140 valence electrons. The first-order chi connectivity index (χ1) is 12.6. The second-order valence-corrected chi connectivity index (χ2v) is 5.79. The van der Waals surface area contributed by atoms with E-state index in [4.69, 9.17) is 0 Å². The highest BCUT2D eigenvalue weighted by atomic mass is 19.4. The van der Waals surface area contributed by atoms with Crippen molar-refractivity contribution >= 4 is 28.8 Å². The van der Waals surface area contributed by atoms with Crippen LogP contribution in [0.3, 0.4) is 0 Å². The maximum absolute atomic E-state index is 13.2. The summed E-state index contributed by atoms with van der Waals surface area (Å²) in [4.78, 5) is 27.3. The van der Waals surface area contributed by atoms with E-state index in [1.165, 1.54) is 19.9 Å². The first-order valence-electron chi connectivity index (χ1n) is 7.77. The van der Waals surface area contributed by atoms with Gasteiger partial charge in [0, 0.05) is 30.1 Å². The molecule has 0 radical (unpaired) electrons. The van der Waals surface area contributed by atoms with Crippen molar-refractivity contribution in [2.45, 2.75) is 20.0 Å². The molecule has 10 heteroatoms. The van der Waals surface area contributed by atoms with Gasteiger partial charge >= 0.3 is 6.18 Å². The van der Waals surface area contributed by atoms with Gasteiger partial charge in [0.25, 0.3) is 5.91 Å². The van der Waals surface area contributed by atoms with E-state index in [-0.39, 0.29) is 22.9 Å². The third-order valence-electron chi connectivity index (χ3n) is 3.54. The predicted molar refractivity (Wildman–Crippen MR) is 91.4 cm³/mol. The SMILES string of the molecule is CC(=O)Nc1ccc(NC(=O)c2cc3nc(C)cc(C(F)(F)F)n3n2)cc1. The average molecular weight is 377 g/mol. The zero-order valence-corrected chi connectivity index (χ0v) is 14.3. The summed E-state index contributed by atoms with van der Waals surface area (Å²) in [6.07, 6.45) is -4.63. The summed E-state index contributed by atoms with van der Waals surface area (Å²) in [6.45, 7) is 2.79. The lowest BCUT2D eigenvalue weighted by atomic mass is 10.2. The first kappa shape index (κ1) is 18.4. The number of hydrogen-bond donors (Lipinski definition) is 2. The largest absolute Gasteiger partial charge is 0.433 e. The standard InChI is InChI=1S/C17H14F3N5O2/c1-9-7-14(17(18,19)20)25-15(21-9)8-13(24-25)16(27)23-12-5-3-11(4-6-12)22-10(2)26/h3-8H,1-2H3,(H,22,26)(H,23,27). The molecule has 27 heavy (non-hydrogen) atoms. The third kappa shape index (κ3) is 4.05. The van der Waals surface area contributed by atoms with Gasteiger partial charge in [0.2, 0.25) is 5.91 Å². The number of nitrogens with zero attached hydrogens (tertiary/aromatic N) is 3. The lowest BCUT2D eigenvalue weighted by Gasteiger charge is -2.09. The normalized spacial score (nSPS) is 11.4. The van der Waals surface area contributed by atoms with Crippen LogP contribution in [0, 0.1) is 6.92 Å². The van der Waals surface area contributed by atoms with Gasteiger partial charge in [-0.2, -0.15) is 18.3 Å². The van der Waals surface area contributed by atoms with E-state index in [1.807, 2.05) is 0 Å². The number of benzene rings is 1. The molecule has 0 spiro atoms. The van der Waals surface area contributed by atoms with Crippen molar-refractivity contribution in [1.29, 1.82) is 0 Å². The molecule has 3 rings (SSSR count). The van der Waals surface area contributed by atoms with E-state index in [2.05, 4.69) is 20.7 Å². The summed E-state index contributed by atoms with van der Waals surface area (Å²) in [7, 11) is 0. The van der Waals surface area contributed by atoms with E-state index >= 15 is 0 Å². The van der Waals surface area contributed by atoms with Crippen LogP contribution in [0.2, 0.25) is 0 Å². The van der Waals surface area contributed by atoms with Gasteiger partial charge in [-0.1, -0.05) is 0 Å². The summed E-state index contributed by atoms with van der Waals surface area (Å²) >= 11 is 0. The maximum Gasteiger partial charge on any atom is 0.433 e. The predicted octanol–water partition coefficient (Wildman–Crippen LogP) is 3.27. The smallest absolute Gasteiger partial charge is 0.326 e. The van der Waals surface area contributed by atoms with Gasteiger partial charge in [-0.25, -0.2) is 9.50 Å². The quantitative estimate of drug-likeness (QED) is 0.733. The van der Waals surface area contributed by atoms with Gasteiger partial charge in [0.05, 0.1) is 0 Å². The molecule has 0 aliphatic heterocycles. The Kier molecular flexibility index (Phi) is 4.56. The maximum atomic E-state index is 13.2. The van der Waals surface area contributed by atoms with Crippen LogP contribution in [0.15, 0.2) is 36.4 Å². The minimum absolute atomic E-state index is 0.0755. The van der Waals surface area contributed by atoms with Gasteiger partial charge in [-0.05, 0) is 37.3 Å². The Morgan fingerprint density at radius 1 is 1.04 bits per heavy atom. The van der Waals surface area contributed by atoms with E-state index < -0.39 is 17.8 Å². The number of amides is 2. The lowest BCUT2D eigenvalue weighted by molar-refractivity contribution is -0.142. The Morgan fingerprint density at radius 3 is 2.19 bits per heavy atom. The number of rotatable bonds is 3. The Balaban J connectivity index is 1.87. The fourth-order valence-corrected chi connectivity index (χ4v) is 2.45. The third-order valence-corrected chi connectivity index (χ3v) is 3.54. The Labute approximate surface area is 151 Å². The second-order valence-electron chi connectivity index (χ2n) is 5.79. The van der Waals surface area contributed by atoms with Crippen molar-refractivity contribution in [2.24, 2.45) is 0 Å². The molecule has 1 aromatic carbocycles. The van der Waals surface area contributed by atoms with Crippen LogP contribution in [0.4, 0.5) is 24.5 Å². The minimum atomic E-state index is -4.63. The van der Waals surface area contributed by atoms with Crippen molar-refractivity contribution in [3.63, 3.8) is 0 Å². The van der Waals surface area contributed by atoms with Crippen LogP contribution in [0.25, 0.3) is 5.65 Å². The average Bonchev–Trinajstić information content (AvgIpc) is 2.98. The summed E-state index contributed by atoms with van der Waals surface area (Å²) in [5.41, 5.74) is -0.189. The number of anilines is 2. The highest BCUT2D eigenvalue weighted by molar-refractivity contribution is 6.03. The number of carbonyl (C=O) groups is 2. The molecular formula is C17H14F3N5O2. The lowest BCUT2D eigenvalue weighted by Crippen LogP contribution is -2.15. The highest BCUT2D eigenvalue weighted by Gasteiger charge is 2.35. The molecule has 2 amide bonds. The van der Waals surface area contributed by atoms with E-state index in [0.717, 1.165) is 6.07 Å². The van der Waals surface area contributed by atoms with Crippen LogP contribution in [-0.2, 0) is 11.0 Å². The van der Waals surface area contributed by atoms with Crippen LogP contribution in [0.5, 0.6) is 0 Å². The minimum Gasteiger partial charge on any atom is -0.326 e. The number of alkyl halides is 3. The molecule has 0 saturated heterocycles. The molecule has 0 bridgehead atoms. The second kappa shape index (κ2) is 6.71. The molecule has 0 saturated carbocycles. The van der Waals surface area contributed by atoms with Crippen molar-refractivity contribution in [1.82, 2.24) is 14.6 Å². The van der Waals surface area contributed by atoms with Crippen LogP contribution >= 0.6 is 0 Å². The molecule has 0 aliphatic rings. The molecule has 0 aliphatic carbocycles. The number of halogens is 3. The fourth-order valence-electron chi connectivity index (χ4n) is 2.45. The number of fused-ring (bicyclic) bond motifs is 1. The molecule has 0 fully saturated rings. The molecule has 3 aromatic rings.